The number of hydrogen-bond donors (Lipinski definition) is 2. The maximum Gasteiger partial charge on any atom is 0.0949 e. The average molecular weight is 204 g/mol. The van der Waals surface area contributed by atoms with Crippen LogP contribution in [0.25, 0.3) is 0 Å². The van der Waals surface area contributed by atoms with E-state index in [0.29, 0.717) is 0 Å². The molecule has 1 atom stereocenters. The highest BCUT2D eigenvalue weighted by Gasteiger charge is 2.18. The van der Waals surface area contributed by atoms with Gasteiger partial charge >= 0.3 is 0 Å². The standard InChI is InChI=1S/C12H16N2O/c1-2-11-9(3-4-14-11)7-10(1)12-8-13-5-6-15-12/h1-2,7,12-14H,3-6,8H2. The maximum atomic E-state index is 5.74. The van der Waals surface area contributed by atoms with Gasteiger partial charge in [-0.25, -0.2) is 0 Å². The first-order valence-electron chi connectivity index (χ1n) is 5.62. The van der Waals surface area contributed by atoms with Crippen LogP contribution in [0.15, 0.2) is 18.2 Å². The molecule has 1 saturated heterocycles. The first-order chi connectivity index (χ1) is 7.43. The van der Waals surface area contributed by atoms with Crippen LogP contribution in [0.3, 0.4) is 0 Å². The Labute approximate surface area is 89.8 Å². The van der Waals surface area contributed by atoms with Gasteiger partial charge in [0, 0.05) is 25.3 Å². The summed E-state index contributed by atoms with van der Waals surface area (Å²) in [6.07, 6.45) is 1.38. The molecule has 80 valence electrons. The second kappa shape index (κ2) is 3.83. The lowest BCUT2D eigenvalue weighted by molar-refractivity contribution is 0.0277. The minimum Gasteiger partial charge on any atom is -0.384 e. The molecule has 1 unspecified atom stereocenters. The van der Waals surface area contributed by atoms with E-state index in [9.17, 15) is 0 Å². The fraction of sp³-hybridized carbons (Fsp3) is 0.500. The van der Waals surface area contributed by atoms with E-state index in [1.54, 1.807) is 0 Å². The van der Waals surface area contributed by atoms with E-state index in [1.807, 2.05) is 0 Å². The van der Waals surface area contributed by atoms with Gasteiger partial charge in [0.2, 0.25) is 0 Å². The number of anilines is 1. The van der Waals surface area contributed by atoms with Gasteiger partial charge in [-0.15, -0.1) is 0 Å². The van der Waals surface area contributed by atoms with Gasteiger partial charge in [-0.05, 0) is 23.6 Å². The maximum absolute atomic E-state index is 5.74. The lowest BCUT2D eigenvalue weighted by Gasteiger charge is -2.24. The zero-order chi connectivity index (χ0) is 10.1. The molecule has 0 aliphatic carbocycles. The predicted molar refractivity (Wildman–Crippen MR) is 60.2 cm³/mol. The van der Waals surface area contributed by atoms with Crippen LogP contribution >= 0.6 is 0 Å². The zero-order valence-corrected chi connectivity index (χ0v) is 8.75. The second-order valence-electron chi connectivity index (χ2n) is 4.16. The van der Waals surface area contributed by atoms with Crippen molar-refractivity contribution in [3.8, 4) is 0 Å². The third-order valence-electron chi connectivity index (χ3n) is 3.14. The molecule has 0 bridgehead atoms. The quantitative estimate of drug-likeness (QED) is 0.723. The van der Waals surface area contributed by atoms with E-state index < -0.39 is 0 Å². The van der Waals surface area contributed by atoms with Crippen LogP contribution in [0.4, 0.5) is 5.69 Å². The van der Waals surface area contributed by atoms with Gasteiger partial charge in [0.25, 0.3) is 0 Å². The molecular formula is C12H16N2O. The summed E-state index contributed by atoms with van der Waals surface area (Å²) in [7, 11) is 0. The first-order valence-corrected chi connectivity index (χ1v) is 5.62. The molecule has 0 spiro atoms. The normalized spacial score (nSPS) is 24.7. The van der Waals surface area contributed by atoms with Gasteiger partial charge in [0.15, 0.2) is 0 Å². The van der Waals surface area contributed by atoms with Gasteiger partial charge in [-0.1, -0.05) is 12.1 Å². The van der Waals surface area contributed by atoms with E-state index in [1.165, 1.54) is 16.8 Å². The molecule has 15 heavy (non-hydrogen) atoms. The van der Waals surface area contributed by atoms with E-state index in [4.69, 9.17) is 4.74 Å². The van der Waals surface area contributed by atoms with E-state index >= 15 is 0 Å². The van der Waals surface area contributed by atoms with Crippen LogP contribution < -0.4 is 10.6 Å². The van der Waals surface area contributed by atoms with Crippen molar-refractivity contribution in [3.05, 3.63) is 29.3 Å². The summed E-state index contributed by atoms with van der Waals surface area (Å²) in [6.45, 7) is 3.80. The van der Waals surface area contributed by atoms with E-state index in [2.05, 4.69) is 28.8 Å². The second-order valence-corrected chi connectivity index (χ2v) is 4.16. The van der Waals surface area contributed by atoms with Gasteiger partial charge < -0.3 is 15.4 Å². The minimum absolute atomic E-state index is 0.240. The topological polar surface area (TPSA) is 33.3 Å². The molecule has 1 aromatic rings. The van der Waals surface area contributed by atoms with Crippen molar-refractivity contribution in [2.45, 2.75) is 12.5 Å². The largest absolute Gasteiger partial charge is 0.384 e. The summed E-state index contributed by atoms with van der Waals surface area (Å²) >= 11 is 0. The van der Waals surface area contributed by atoms with Gasteiger partial charge in [-0.3, -0.25) is 0 Å². The Balaban J connectivity index is 1.85. The van der Waals surface area contributed by atoms with Gasteiger partial charge in [0.1, 0.15) is 0 Å². The monoisotopic (exact) mass is 204 g/mol. The smallest absolute Gasteiger partial charge is 0.0949 e. The molecule has 0 amide bonds. The lowest BCUT2D eigenvalue weighted by Crippen LogP contribution is -2.33. The number of nitrogens with one attached hydrogen (secondary N) is 2. The fourth-order valence-electron chi connectivity index (χ4n) is 2.30. The molecule has 3 nitrogen and oxygen atoms in total. The molecule has 0 saturated carbocycles. The molecule has 2 heterocycles. The highest BCUT2D eigenvalue weighted by molar-refractivity contribution is 5.56. The van der Waals surface area contributed by atoms with Crippen molar-refractivity contribution in [3.63, 3.8) is 0 Å². The number of ether oxygens (including phenoxy) is 1. The van der Waals surface area contributed by atoms with Crippen molar-refractivity contribution in [2.75, 3.05) is 31.6 Å². The van der Waals surface area contributed by atoms with Crippen molar-refractivity contribution in [1.29, 1.82) is 0 Å². The average Bonchev–Trinajstić information content (AvgIpc) is 2.77. The van der Waals surface area contributed by atoms with Crippen LogP contribution in [0.5, 0.6) is 0 Å². The molecule has 2 aliphatic rings. The van der Waals surface area contributed by atoms with Crippen molar-refractivity contribution >= 4 is 5.69 Å². The fourth-order valence-corrected chi connectivity index (χ4v) is 2.30. The van der Waals surface area contributed by atoms with Gasteiger partial charge in [-0.2, -0.15) is 0 Å². The van der Waals surface area contributed by atoms with Crippen LogP contribution in [0.1, 0.15) is 17.2 Å². The Morgan fingerprint density at radius 1 is 1.27 bits per heavy atom. The number of morpholine rings is 1. The van der Waals surface area contributed by atoms with E-state index in [0.717, 1.165) is 32.7 Å². The number of benzene rings is 1. The van der Waals surface area contributed by atoms with Crippen molar-refractivity contribution in [2.24, 2.45) is 0 Å². The summed E-state index contributed by atoms with van der Waals surface area (Å²) in [5.41, 5.74) is 4.04. The Kier molecular flexibility index (Phi) is 2.35. The Bertz CT molecular complexity index is 359. The lowest BCUT2D eigenvalue weighted by atomic mass is 10.0. The number of hydrogen-bond acceptors (Lipinski definition) is 3. The summed E-state index contributed by atoms with van der Waals surface area (Å²) in [6, 6.07) is 6.64. The molecule has 1 fully saturated rings. The summed E-state index contributed by atoms with van der Waals surface area (Å²) in [4.78, 5) is 0. The van der Waals surface area contributed by atoms with Crippen LogP contribution in [-0.4, -0.2) is 26.2 Å². The minimum atomic E-state index is 0.240. The number of rotatable bonds is 1. The van der Waals surface area contributed by atoms with Crippen LogP contribution in [0.2, 0.25) is 0 Å². The summed E-state index contributed by atoms with van der Waals surface area (Å²) < 4.78 is 5.74. The Morgan fingerprint density at radius 3 is 3.13 bits per heavy atom. The van der Waals surface area contributed by atoms with Crippen LogP contribution in [0, 0.1) is 0 Å². The predicted octanol–water partition coefficient (Wildman–Crippen LogP) is 1.32. The molecule has 3 heteroatoms. The van der Waals surface area contributed by atoms with Gasteiger partial charge in [0.05, 0.1) is 12.7 Å². The molecule has 0 aromatic heterocycles. The van der Waals surface area contributed by atoms with Crippen molar-refractivity contribution < 1.29 is 4.74 Å². The molecule has 2 aliphatic heterocycles. The zero-order valence-electron chi connectivity index (χ0n) is 8.75. The molecule has 2 N–H and O–H groups in total. The molecular weight excluding hydrogens is 188 g/mol. The summed E-state index contributed by atoms with van der Waals surface area (Å²) in [5, 5.41) is 6.73. The third kappa shape index (κ3) is 1.73. The Morgan fingerprint density at radius 2 is 2.27 bits per heavy atom. The SMILES string of the molecule is c1cc2c(cc1C1CNCCO1)CCN2. The highest BCUT2D eigenvalue weighted by Crippen LogP contribution is 2.27. The van der Waals surface area contributed by atoms with Crippen LogP contribution in [-0.2, 0) is 11.2 Å². The molecule has 0 radical (unpaired) electrons. The van der Waals surface area contributed by atoms with Crippen molar-refractivity contribution in [1.82, 2.24) is 5.32 Å². The highest BCUT2D eigenvalue weighted by atomic mass is 16.5. The third-order valence-corrected chi connectivity index (χ3v) is 3.14. The molecule has 1 aromatic carbocycles. The van der Waals surface area contributed by atoms with E-state index in [-0.39, 0.29) is 6.10 Å². The first kappa shape index (κ1) is 9.19. The number of fused-ring (bicyclic) bond motifs is 1. The summed E-state index contributed by atoms with van der Waals surface area (Å²) in [5.74, 6) is 0. The molecule has 3 rings (SSSR count). The Hall–Kier alpha value is -1.06.